The molecule has 0 radical (unpaired) electrons. The number of fused-ring (bicyclic) bond motifs is 1. The summed E-state index contributed by atoms with van der Waals surface area (Å²) in [5.41, 5.74) is -0.225. The number of nitrogens with zero attached hydrogens (tertiary/aromatic N) is 2. The van der Waals surface area contributed by atoms with Gasteiger partial charge in [-0.15, -0.1) is 0 Å². The van der Waals surface area contributed by atoms with E-state index in [9.17, 15) is 18.5 Å². The third-order valence-electron chi connectivity index (χ3n) is 3.40. The van der Waals surface area contributed by atoms with Crippen molar-refractivity contribution in [1.82, 2.24) is 4.98 Å². The number of nitro benzene ring substituents is 1. The van der Waals surface area contributed by atoms with Crippen molar-refractivity contribution in [3.63, 3.8) is 0 Å². The smallest absolute Gasteiger partial charge is 0.258 e. The van der Waals surface area contributed by atoms with E-state index in [0.29, 0.717) is 0 Å². The van der Waals surface area contributed by atoms with Gasteiger partial charge in [0.25, 0.3) is 5.69 Å². The molecular weight excluding hydrogens is 375 g/mol. The minimum atomic E-state index is -4.06. The van der Waals surface area contributed by atoms with E-state index in [0.717, 1.165) is 12.1 Å². The molecule has 0 fully saturated rings. The van der Waals surface area contributed by atoms with Gasteiger partial charge in [0.2, 0.25) is 9.84 Å². The Balaban J connectivity index is 2.36. The zero-order valence-electron chi connectivity index (χ0n) is 11.8. The predicted octanol–water partition coefficient (Wildman–Crippen LogP) is 4.28. The first-order chi connectivity index (χ1) is 11.3. The topological polar surface area (TPSA) is 90.2 Å². The first-order valence-corrected chi connectivity index (χ1v) is 8.79. The van der Waals surface area contributed by atoms with Crippen LogP contribution in [0.2, 0.25) is 10.0 Å². The first-order valence-electron chi connectivity index (χ1n) is 6.55. The first kappa shape index (κ1) is 16.6. The molecular formula is C15H8Cl2N2O4S. The molecule has 0 bridgehead atoms. The fraction of sp³-hybridized carbons (Fsp3) is 0. The highest BCUT2D eigenvalue weighted by Gasteiger charge is 2.27. The summed E-state index contributed by atoms with van der Waals surface area (Å²) in [6.45, 7) is 0. The van der Waals surface area contributed by atoms with Crippen molar-refractivity contribution in [2.24, 2.45) is 0 Å². The van der Waals surface area contributed by atoms with Gasteiger partial charge in [-0.05, 0) is 30.3 Å². The van der Waals surface area contributed by atoms with E-state index in [-0.39, 0.29) is 36.4 Å². The molecule has 0 aliphatic rings. The van der Waals surface area contributed by atoms with Crippen LogP contribution in [-0.2, 0) is 9.84 Å². The number of nitro groups is 1. The molecule has 0 spiro atoms. The third-order valence-corrected chi connectivity index (χ3v) is 6.16. The standard InChI is InChI=1S/C15H8Cl2N2O4S/c16-10-4-1-5-12(14(10)17)24(22,23)13-7-6-11(19(20)21)9-3-2-8-18-15(9)13/h1-8H. The van der Waals surface area contributed by atoms with E-state index < -0.39 is 14.8 Å². The molecule has 0 unspecified atom stereocenters. The van der Waals surface area contributed by atoms with Crippen LogP contribution in [0.5, 0.6) is 0 Å². The number of pyridine rings is 1. The van der Waals surface area contributed by atoms with Crippen molar-refractivity contribution in [2.45, 2.75) is 9.79 Å². The van der Waals surface area contributed by atoms with Crippen LogP contribution in [0.15, 0.2) is 58.5 Å². The Morgan fingerprint density at radius 1 is 1.00 bits per heavy atom. The predicted molar refractivity (Wildman–Crippen MR) is 90.3 cm³/mol. The lowest BCUT2D eigenvalue weighted by molar-refractivity contribution is -0.383. The molecule has 0 aliphatic carbocycles. The van der Waals surface area contributed by atoms with E-state index in [1.165, 1.54) is 36.5 Å². The number of aromatic nitrogens is 1. The van der Waals surface area contributed by atoms with Crippen LogP contribution in [0, 0.1) is 10.1 Å². The maximum Gasteiger partial charge on any atom is 0.278 e. The summed E-state index contributed by atoms with van der Waals surface area (Å²) < 4.78 is 25.9. The summed E-state index contributed by atoms with van der Waals surface area (Å²) in [6, 6.07) is 9.48. The maximum atomic E-state index is 12.9. The Morgan fingerprint density at radius 2 is 1.75 bits per heavy atom. The van der Waals surface area contributed by atoms with E-state index in [2.05, 4.69) is 4.98 Å². The molecule has 0 aliphatic heterocycles. The zero-order chi connectivity index (χ0) is 17.5. The second kappa shape index (κ2) is 6.01. The molecule has 1 aromatic heterocycles. The third kappa shape index (κ3) is 2.60. The number of sulfone groups is 1. The van der Waals surface area contributed by atoms with Crippen molar-refractivity contribution in [3.8, 4) is 0 Å². The van der Waals surface area contributed by atoms with Crippen molar-refractivity contribution in [1.29, 1.82) is 0 Å². The number of rotatable bonds is 3. The van der Waals surface area contributed by atoms with E-state index in [1.807, 2.05) is 0 Å². The second-order valence-electron chi connectivity index (χ2n) is 4.79. The molecule has 0 N–H and O–H groups in total. The van der Waals surface area contributed by atoms with Crippen LogP contribution in [-0.4, -0.2) is 18.3 Å². The monoisotopic (exact) mass is 382 g/mol. The number of non-ortho nitro benzene ring substituents is 1. The molecule has 2 aromatic carbocycles. The Kier molecular flexibility index (Phi) is 4.16. The lowest BCUT2D eigenvalue weighted by Gasteiger charge is -2.10. The Labute approximate surface area is 146 Å². The van der Waals surface area contributed by atoms with Crippen molar-refractivity contribution >= 4 is 49.6 Å². The zero-order valence-corrected chi connectivity index (χ0v) is 14.1. The lowest BCUT2D eigenvalue weighted by Crippen LogP contribution is -2.05. The second-order valence-corrected chi connectivity index (χ2v) is 7.47. The van der Waals surface area contributed by atoms with Crippen molar-refractivity contribution in [3.05, 3.63) is 68.8 Å². The summed E-state index contributed by atoms with van der Waals surface area (Å²) >= 11 is 11.9. The normalized spacial score (nSPS) is 11.6. The minimum Gasteiger partial charge on any atom is -0.258 e. The highest BCUT2D eigenvalue weighted by molar-refractivity contribution is 7.91. The van der Waals surface area contributed by atoms with Gasteiger partial charge < -0.3 is 0 Å². The maximum absolute atomic E-state index is 12.9. The summed E-state index contributed by atoms with van der Waals surface area (Å²) in [5, 5.41) is 11.2. The van der Waals surface area contributed by atoms with Crippen molar-refractivity contribution < 1.29 is 13.3 Å². The Bertz CT molecular complexity index is 1080. The average Bonchev–Trinajstić information content (AvgIpc) is 2.55. The van der Waals surface area contributed by atoms with Gasteiger partial charge in [-0.1, -0.05) is 29.3 Å². The molecule has 122 valence electrons. The van der Waals surface area contributed by atoms with E-state index >= 15 is 0 Å². The van der Waals surface area contributed by atoms with Gasteiger partial charge in [-0.2, -0.15) is 0 Å². The van der Waals surface area contributed by atoms with Crippen LogP contribution >= 0.6 is 23.2 Å². The van der Waals surface area contributed by atoms with Crippen molar-refractivity contribution in [2.75, 3.05) is 0 Å². The van der Waals surface area contributed by atoms with Gasteiger partial charge in [0, 0.05) is 12.3 Å². The highest BCUT2D eigenvalue weighted by atomic mass is 35.5. The molecule has 24 heavy (non-hydrogen) atoms. The summed E-state index contributed by atoms with van der Waals surface area (Å²) in [5.74, 6) is 0. The number of halogens is 2. The Morgan fingerprint density at radius 3 is 2.46 bits per heavy atom. The van der Waals surface area contributed by atoms with Crippen LogP contribution in [0.4, 0.5) is 5.69 Å². The molecule has 1 heterocycles. The molecule has 0 amide bonds. The lowest BCUT2D eigenvalue weighted by atomic mass is 10.2. The van der Waals surface area contributed by atoms with Crippen LogP contribution < -0.4 is 0 Å². The summed E-state index contributed by atoms with van der Waals surface area (Å²) in [7, 11) is -4.06. The average molecular weight is 383 g/mol. The summed E-state index contributed by atoms with van der Waals surface area (Å²) in [6.07, 6.45) is 1.37. The van der Waals surface area contributed by atoms with Gasteiger partial charge in [0.15, 0.2) is 0 Å². The molecule has 6 nitrogen and oxygen atoms in total. The summed E-state index contributed by atoms with van der Waals surface area (Å²) in [4.78, 5) is 14.2. The molecule has 0 atom stereocenters. The fourth-order valence-electron chi connectivity index (χ4n) is 2.32. The largest absolute Gasteiger partial charge is 0.278 e. The number of hydrogen-bond acceptors (Lipinski definition) is 5. The quantitative estimate of drug-likeness (QED) is 0.497. The highest BCUT2D eigenvalue weighted by Crippen LogP contribution is 2.36. The Hall–Kier alpha value is -2.22. The molecule has 3 aromatic rings. The molecule has 0 saturated heterocycles. The minimum absolute atomic E-state index is 0.00254. The molecule has 0 saturated carbocycles. The molecule has 9 heteroatoms. The number of benzene rings is 2. The fourth-order valence-corrected chi connectivity index (χ4v) is 4.48. The number of hydrogen-bond donors (Lipinski definition) is 0. The van der Waals surface area contributed by atoms with Crippen LogP contribution in [0.25, 0.3) is 10.9 Å². The van der Waals surface area contributed by atoms with E-state index in [4.69, 9.17) is 23.2 Å². The van der Waals surface area contributed by atoms with Gasteiger partial charge in [-0.25, -0.2) is 8.42 Å². The van der Waals surface area contributed by atoms with Gasteiger partial charge in [0.1, 0.15) is 0 Å². The van der Waals surface area contributed by atoms with Crippen LogP contribution in [0.1, 0.15) is 0 Å². The van der Waals surface area contributed by atoms with Gasteiger partial charge in [-0.3, -0.25) is 15.1 Å². The van der Waals surface area contributed by atoms with Gasteiger partial charge in [0.05, 0.1) is 35.7 Å². The van der Waals surface area contributed by atoms with E-state index in [1.54, 1.807) is 0 Å². The van der Waals surface area contributed by atoms with Crippen LogP contribution in [0.3, 0.4) is 0 Å². The SMILES string of the molecule is O=[N+]([O-])c1ccc(S(=O)(=O)c2cccc(Cl)c2Cl)c2ncccc12. The van der Waals surface area contributed by atoms with Gasteiger partial charge >= 0.3 is 0 Å². The molecule has 3 rings (SSSR count).